The van der Waals surface area contributed by atoms with E-state index in [2.05, 4.69) is 15.1 Å². The predicted molar refractivity (Wildman–Crippen MR) is 109 cm³/mol. The van der Waals surface area contributed by atoms with E-state index in [9.17, 15) is 9.18 Å². The van der Waals surface area contributed by atoms with E-state index in [4.69, 9.17) is 21.1 Å². The van der Waals surface area contributed by atoms with E-state index >= 15 is 0 Å². The number of nitrogens with one attached hydrogen (secondary N) is 1. The van der Waals surface area contributed by atoms with Gasteiger partial charge in [-0.3, -0.25) is 14.6 Å². The Morgan fingerprint density at radius 1 is 1.07 bits per heavy atom. The molecule has 0 unspecified atom stereocenters. The van der Waals surface area contributed by atoms with Crippen LogP contribution < -0.4 is 14.8 Å². The van der Waals surface area contributed by atoms with E-state index in [0.717, 1.165) is 38.3 Å². The van der Waals surface area contributed by atoms with Gasteiger partial charge in [-0.25, -0.2) is 4.39 Å². The second kappa shape index (κ2) is 8.98. The molecule has 4 rings (SSSR count). The summed E-state index contributed by atoms with van der Waals surface area (Å²) in [7, 11) is 0. The van der Waals surface area contributed by atoms with Gasteiger partial charge in [0, 0.05) is 38.4 Å². The smallest absolute Gasteiger partial charge is 0.238 e. The molecule has 29 heavy (non-hydrogen) atoms. The molecule has 2 aromatic carbocycles. The first kappa shape index (κ1) is 19.9. The first-order valence-corrected chi connectivity index (χ1v) is 10.0. The molecule has 0 saturated carbocycles. The van der Waals surface area contributed by atoms with Crippen molar-refractivity contribution >= 4 is 23.2 Å². The van der Waals surface area contributed by atoms with Crippen molar-refractivity contribution in [1.29, 1.82) is 0 Å². The number of hydrogen-bond acceptors (Lipinski definition) is 5. The number of carbonyl (C=O) groups is 1. The first-order chi connectivity index (χ1) is 14.1. The predicted octanol–water partition coefficient (Wildman–Crippen LogP) is 3.01. The molecular weight excluding hydrogens is 397 g/mol. The Bertz CT molecular complexity index is 887. The summed E-state index contributed by atoms with van der Waals surface area (Å²) < 4.78 is 24.4. The van der Waals surface area contributed by atoms with Crippen LogP contribution in [0.15, 0.2) is 36.4 Å². The van der Waals surface area contributed by atoms with Gasteiger partial charge in [0.1, 0.15) is 19.0 Å². The van der Waals surface area contributed by atoms with Gasteiger partial charge in [-0.05, 0) is 35.9 Å². The van der Waals surface area contributed by atoms with Crippen molar-refractivity contribution in [3.63, 3.8) is 0 Å². The highest BCUT2D eigenvalue weighted by Crippen LogP contribution is 2.38. The zero-order valence-corrected chi connectivity index (χ0v) is 16.8. The van der Waals surface area contributed by atoms with Gasteiger partial charge in [-0.15, -0.1) is 0 Å². The molecule has 8 heteroatoms. The highest BCUT2D eigenvalue weighted by Gasteiger charge is 2.21. The maximum atomic E-state index is 13.2. The number of ether oxygens (including phenoxy) is 2. The lowest BCUT2D eigenvalue weighted by Crippen LogP contribution is -2.48. The Balaban J connectivity index is 1.26. The van der Waals surface area contributed by atoms with Crippen molar-refractivity contribution < 1.29 is 18.7 Å². The zero-order valence-electron chi connectivity index (χ0n) is 16.0. The van der Waals surface area contributed by atoms with Crippen LogP contribution in [0.1, 0.15) is 5.56 Å². The third-order valence-electron chi connectivity index (χ3n) is 5.00. The quantitative estimate of drug-likeness (QED) is 0.807. The third kappa shape index (κ3) is 5.18. The number of anilines is 1. The lowest BCUT2D eigenvalue weighted by Gasteiger charge is -2.34. The number of rotatable bonds is 5. The van der Waals surface area contributed by atoms with Gasteiger partial charge < -0.3 is 14.8 Å². The average Bonchev–Trinajstić information content (AvgIpc) is 2.69. The highest BCUT2D eigenvalue weighted by atomic mass is 35.5. The lowest BCUT2D eigenvalue weighted by atomic mass is 10.1. The molecule has 2 aliphatic rings. The van der Waals surface area contributed by atoms with Gasteiger partial charge in [0.2, 0.25) is 5.91 Å². The summed E-state index contributed by atoms with van der Waals surface area (Å²) in [4.78, 5) is 16.6. The van der Waals surface area contributed by atoms with Gasteiger partial charge in [0.25, 0.3) is 0 Å². The Morgan fingerprint density at radius 3 is 2.62 bits per heavy atom. The van der Waals surface area contributed by atoms with Crippen LogP contribution in [0.4, 0.5) is 10.1 Å². The fraction of sp³-hybridized carbons (Fsp3) is 0.381. The fourth-order valence-corrected chi connectivity index (χ4v) is 3.88. The molecule has 0 spiro atoms. The molecule has 0 bridgehead atoms. The molecule has 1 N–H and O–H groups in total. The van der Waals surface area contributed by atoms with E-state index in [0.29, 0.717) is 42.0 Å². The number of benzene rings is 2. The molecule has 2 aromatic rings. The number of nitrogens with zero attached hydrogens (tertiary/aromatic N) is 2. The number of hydrogen-bond donors (Lipinski definition) is 1. The number of halogens is 2. The Kier molecular flexibility index (Phi) is 6.18. The van der Waals surface area contributed by atoms with E-state index in [1.54, 1.807) is 12.1 Å². The minimum atomic E-state index is -0.365. The van der Waals surface area contributed by atoms with E-state index in [1.807, 2.05) is 12.1 Å². The highest BCUT2D eigenvalue weighted by molar-refractivity contribution is 6.32. The Labute approximate surface area is 174 Å². The first-order valence-electron chi connectivity index (χ1n) is 9.65. The van der Waals surface area contributed by atoms with Crippen LogP contribution in [0.25, 0.3) is 0 Å². The van der Waals surface area contributed by atoms with Crippen molar-refractivity contribution in [2.75, 3.05) is 51.3 Å². The summed E-state index contributed by atoms with van der Waals surface area (Å²) in [5, 5.41) is 3.32. The maximum Gasteiger partial charge on any atom is 0.238 e. The maximum absolute atomic E-state index is 13.2. The van der Waals surface area contributed by atoms with Crippen molar-refractivity contribution in [3.8, 4) is 11.5 Å². The molecule has 0 radical (unpaired) electrons. The molecule has 2 aliphatic heterocycles. The number of fused-ring (bicyclic) bond motifs is 1. The summed E-state index contributed by atoms with van der Waals surface area (Å²) in [6.45, 7) is 5.37. The minimum absolute atomic E-state index is 0.136. The zero-order chi connectivity index (χ0) is 20.2. The topological polar surface area (TPSA) is 54.0 Å². The summed E-state index contributed by atoms with van der Waals surface area (Å²) >= 11 is 6.32. The van der Waals surface area contributed by atoms with Gasteiger partial charge in [-0.1, -0.05) is 17.7 Å². The van der Waals surface area contributed by atoms with E-state index in [-0.39, 0.29) is 11.7 Å². The monoisotopic (exact) mass is 419 g/mol. The number of piperazine rings is 1. The molecular formula is C21H23ClFN3O3. The van der Waals surface area contributed by atoms with Crippen LogP contribution in [-0.4, -0.2) is 61.6 Å². The molecule has 0 aliphatic carbocycles. The normalized spacial score (nSPS) is 17.2. The summed E-state index contributed by atoms with van der Waals surface area (Å²) in [5.41, 5.74) is 1.56. The Hall–Kier alpha value is -2.35. The molecule has 6 nitrogen and oxygen atoms in total. The summed E-state index contributed by atoms with van der Waals surface area (Å²) in [5.74, 6) is 0.820. The minimum Gasteiger partial charge on any atom is -0.486 e. The van der Waals surface area contributed by atoms with Crippen LogP contribution in [0, 0.1) is 5.82 Å². The van der Waals surface area contributed by atoms with Crippen LogP contribution in [0.3, 0.4) is 0 Å². The number of amides is 1. The summed E-state index contributed by atoms with van der Waals surface area (Å²) in [6, 6.07) is 9.83. The van der Waals surface area contributed by atoms with Crippen LogP contribution in [0.2, 0.25) is 5.02 Å². The number of carbonyl (C=O) groups excluding carboxylic acids is 1. The van der Waals surface area contributed by atoms with Crippen molar-refractivity contribution in [2.45, 2.75) is 6.54 Å². The van der Waals surface area contributed by atoms with E-state index < -0.39 is 0 Å². The van der Waals surface area contributed by atoms with Gasteiger partial charge in [0.15, 0.2) is 11.5 Å². The van der Waals surface area contributed by atoms with Gasteiger partial charge >= 0.3 is 0 Å². The molecule has 154 valence electrons. The Morgan fingerprint density at radius 2 is 1.83 bits per heavy atom. The van der Waals surface area contributed by atoms with E-state index in [1.165, 1.54) is 12.1 Å². The molecule has 0 atom stereocenters. The molecule has 0 aromatic heterocycles. The second-order valence-electron chi connectivity index (χ2n) is 7.21. The van der Waals surface area contributed by atoms with Gasteiger partial charge in [-0.2, -0.15) is 0 Å². The van der Waals surface area contributed by atoms with Crippen molar-refractivity contribution in [1.82, 2.24) is 9.80 Å². The molecule has 1 amide bonds. The van der Waals surface area contributed by atoms with Crippen molar-refractivity contribution in [2.24, 2.45) is 0 Å². The molecule has 2 heterocycles. The standard InChI is InChI=1S/C21H23ClFN3O3/c22-18-10-15(11-19-21(18)29-9-8-28-19)13-25-4-6-26(7-5-25)14-20(27)24-17-3-1-2-16(23)12-17/h1-3,10-12H,4-9,13-14H2,(H,24,27). The fourth-order valence-electron chi connectivity index (χ4n) is 3.59. The van der Waals surface area contributed by atoms with Crippen LogP contribution in [-0.2, 0) is 11.3 Å². The SMILES string of the molecule is O=C(CN1CCN(Cc2cc(Cl)c3c(c2)OCCO3)CC1)Nc1cccc(F)c1. The largest absolute Gasteiger partial charge is 0.486 e. The molecule has 1 fully saturated rings. The third-order valence-corrected chi connectivity index (χ3v) is 5.28. The van der Waals surface area contributed by atoms with Crippen LogP contribution in [0.5, 0.6) is 11.5 Å². The average molecular weight is 420 g/mol. The van der Waals surface area contributed by atoms with Crippen LogP contribution >= 0.6 is 11.6 Å². The van der Waals surface area contributed by atoms with Crippen molar-refractivity contribution in [3.05, 3.63) is 52.8 Å². The molecule has 1 saturated heterocycles. The second-order valence-corrected chi connectivity index (χ2v) is 7.62. The lowest BCUT2D eigenvalue weighted by molar-refractivity contribution is -0.117. The van der Waals surface area contributed by atoms with Gasteiger partial charge in [0.05, 0.1) is 11.6 Å². The summed E-state index contributed by atoms with van der Waals surface area (Å²) in [6.07, 6.45) is 0.